The maximum Gasteiger partial charge on any atom is 0.175 e. The van der Waals surface area contributed by atoms with Crippen LogP contribution in [0.3, 0.4) is 0 Å². The van der Waals surface area contributed by atoms with Crippen molar-refractivity contribution in [2.75, 3.05) is 5.75 Å². The molecular weight excluding hydrogens is 455 g/mol. The third-order valence-electron chi connectivity index (χ3n) is 2.21. The van der Waals surface area contributed by atoms with Crippen LogP contribution in [0.1, 0.15) is 10.4 Å². The van der Waals surface area contributed by atoms with E-state index < -0.39 is 0 Å². The van der Waals surface area contributed by atoms with Gasteiger partial charge in [-0.05, 0) is 56.1 Å². The number of hydrogen-bond acceptors (Lipinski definition) is 3. The number of carbonyl (C=O) groups is 1. The first kappa shape index (κ1) is 15.9. The van der Waals surface area contributed by atoms with Crippen molar-refractivity contribution in [2.45, 2.75) is 4.90 Å². The van der Waals surface area contributed by atoms with E-state index in [-0.39, 0.29) is 5.78 Å². The summed E-state index contributed by atoms with van der Waals surface area (Å²) in [5.74, 6) is 0.372. The monoisotopic (exact) mass is 458 g/mol. The Bertz CT molecular complexity index is 628. The molecule has 0 fully saturated rings. The predicted molar refractivity (Wildman–Crippen MR) is 91.2 cm³/mol. The number of benzene rings is 1. The molecule has 0 radical (unpaired) electrons. The van der Waals surface area contributed by atoms with Gasteiger partial charge in [-0.3, -0.25) is 4.79 Å². The van der Waals surface area contributed by atoms with E-state index >= 15 is 0 Å². The summed E-state index contributed by atoms with van der Waals surface area (Å²) in [6, 6.07) is 7.04. The van der Waals surface area contributed by atoms with Crippen molar-refractivity contribution < 1.29 is 4.79 Å². The largest absolute Gasteiger partial charge is 0.293 e. The quantitative estimate of drug-likeness (QED) is 0.380. The average molecular weight is 461 g/mol. The minimum atomic E-state index is 0.0508. The van der Waals surface area contributed by atoms with Gasteiger partial charge in [-0.25, -0.2) is 0 Å². The molecule has 0 saturated heterocycles. The van der Waals surface area contributed by atoms with Gasteiger partial charge in [0.05, 0.1) is 18.3 Å². The molecule has 0 aliphatic rings. The lowest BCUT2D eigenvalue weighted by Crippen LogP contribution is -2.01. The topological polar surface area (TPSA) is 17.1 Å². The van der Waals surface area contributed by atoms with E-state index in [2.05, 4.69) is 31.9 Å². The van der Waals surface area contributed by atoms with E-state index in [0.717, 1.165) is 12.5 Å². The first-order chi connectivity index (χ1) is 8.97. The molecule has 0 N–H and O–H groups in total. The number of Topliss-reactive ketones (excluding diaryl/α,β-unsaturated/α-hetero) is 1. The standard InChI is InChI=1S/C12H6Br2Cl2OS2/c13-11-4-7(12(14)19-11)9(17)5-18-10-3-6(15)1-2-8(10)16/h1-4H,5H2. The highest BCUT2D eigenvalue weighted by Crippen LogP contribution is 2.34. The van der Waals surface area contributed by atoms with Crippen LogP contribution in [0.2, 0.25) is 10.0 Å². The molecule has 1 nitrogen and oxygen atoms in total. The Labute approximate surface area is 145 Å². The minimum Gasteiger partial charge on any atom is -0.293 e. The summed E-state index contributed by atoms with van der Waals surface area (Å²) in [5, 5.41) is 1.21. The van der Waals surface area contributed by atoms with Gasteiger partial charge in [-0.15, -0.1) is 23.1 Å². The molecule has 0 unspecified atom stereocenters. The van der Waals surface area contributed by atoms with Gasteiger partial charge in [0.25, 0.3) is 0 Å². The maximum atomic E-state index is 12.1. The second-order valence-corrected chi connectivity index (χ2v) is 9.13. The number of ketones is 1. The van der Waals surface area contributed by atoms with Gasteiger partial charge in [-0.2, -0.15) is 0 Å². The third-order valence-corrected chi connectivity index (χ3v) is 6.28. The third kappa shape index (κ3) is 4.22. The number of thioether (sulfide) groups is 1. The van der Waals surface area contributed by atoms with E-state index in [9.17, 15) is 4.79 Å². The summed E-state index contributed by atoms with van der Waals surface area (Å²) < 4.78 is 1.76. The Morgan fingerprint density at radius 2 is 2.00 bits per heavy atom. The summed E-state index contributed by atoms with van der Waals surface area (Å²) in [6.07, 6.45) is 0. The second kappa shape index (κ2) is 6.96. The van der Waals surface area contributed by atoms with Crippen LogP contribution in [-0.4, -0.2) is 11.5 Å². The van der Waals surface area contributed by atoms with Crippen LogP contribution in [-0.2, 0) is 0 Å². The van der Waals surface area contributed by atoms with Crippen molar-refractivity contribution in [1.82, 2.24) is 0 Å². The van der Waals surface area contributed by atoms with Gasteiger partial charge in [-0.1, -0.05) is 23.2 Å². The number of halogens is 4. The number of thiophene rings is 1. The summed E-state index contributed by atoms with van der Waals surface area (Å²) in [6.45, 7) is 0. The van der Waals surface area contributed by atoms with Gasteiger partial charge in [0.2, 0.25) is 0 Å². The van der Waals surface area contributed by atoms with Crippen LogP contribution in [0.25, 0.3) is 0 Å². The lowest BCUT2D eigenvalue weighted by Gasteiger charge is -2.04. The van der Waals surface area contributed by atoms with Crippen LogP contribution in [0.15, 0.2) is 36.7 Å². The Morgan fingerprint density at radius 1 is 1.26 bits per heavy atom. The number of rotatable bonds is 4. The molecule has 19 heavy (non-hydrogen) atoms. The zero-order valence-electron chi connectivity index (χ0n) is 9.25. The lowest BCUT2D eigenvalue weighted by atomic mass is 10.2. The average Bonchev–Trinajstić information content (AvgIpc) is 2.69. The first-order valence-corrected chi connectivity index (χ1v) is 9.17. The van der Waals surface area contributed by atoms with E-state index in [1.165, 1.54) is 23.1 Å². The highest BCUT2D eigenvalue weighted by Gasteiger charge is 2.14. The SMILES string of the molecule is O=C(CSc1cc(Cl)ccc1Cl)c1cc(Br)sc1Br. The number of carbonyl (C=O) groups excluding carboxylic acids is 1. The normalized spacial score (nSPS) is 10.7. The lowest BCUT2D eigenvalue weighted by molar-refractivity contribution is 0.102. The van der Waals surface area contributed by atoms with Crippen molar-refractivity contribution in [1.29, 1.82) is 0 Å². The fourth-order valence-electron chi connectivity index (χ4n) is 1.34. The molecule has 1 heterocycles. The smallest absolute Gasteiger partial charge is 0.175 e. The molecule has 0 saturated carbocycles. The van der Waals surface area contributed by atoms with Gasteiger partial charge in [0.15, 0.2) is 5.78 Å². The van der Waals surface area contributed by atoms with Crippen LogP contribution in [0, 0.1) is 0 Å². The van der Waals surface area contributed by atoms with Crippen molar-refractivity contribution >= 4 is 83.9 Å². The predicted octanol–water partition coefficient (Wildman–Crippen LogP) is 6.55. The zero-order chi connectivity index (χ0) is 14.0. The van der Waals surface area contributed by atoms with Gasteiger partial charge in [0.1, 0.15) is 0 Å². The van der Waals surface area contributed by atoms with Crippen molar-refractivity contribution in [3.8, 4) is 0 Å². The first-order valence-electron chi connectivity index (χ1n) is 5.03. The molecule has 0 spiro atoms. The molecule has 0 atom stereocenters. The van der Waals surface area contributed by atoms with Crippen molar-refractivity contribution in [2.24, 2.45) is 0 Å². The fraction of sp³-hybridized carbons (Fsp3) is 0.0833. The van der Waals surface area contributed by atoms with Crippen molar-refractivity contribution in [3.05, 3.63) is 47.4 Å². The molecule has 0 bridgehead atoms. The van der Waals surface area contributed by atoms with Crippen molar-refractivity contribution in [3.63, 3.8) is 0 Å². The van der Waals surface area contributed by atoms with E-state index in [4.69, 9.17) is 23.2 Å². The van der Waals surface area contributed by atoms with Crippen LogP contribution >= 0.6 is 78.2 Å². The molecule has 2 aromatic rings. The van der Waals surface area contributed by atoms with Crippen LogP contribution in [0.5, 0.6) is 0 Å². The molecule has 0 aliphatic heterocycles. The maximum absolute atomic E-state index is 12.1. The van der Waals surface area contributed by atoms with E-state index in [1.807, 2.05) is 6.07 Å². The molecule has 1 aromatic heterocycles. The summed E-state index contributed by atoms with van der Waals surface area (Å²) in [5.41, 5.74) is 0.683. The van der Waals surface area contributed by atoms with Gasteiger partial charge < -0.3 is 0 Å². The van der Waals surface area contributed by atoms with Crippen LogP contribution < -0.4 is 0 Å². The van der Waals surface area contributed by atoms with E-state index in [0.29, 0.717) is 21.4 Å². The summed E-state index contributed by atoms with van der Waals surface area (Å²) in [4.78, 5) is 12.9. The second-order valence-electron chi connectivity index (χ2n) is 3.52. The highest BCUT2D eigenvalue weighted by molar-refractivity contribution is 9.12. The molecule has 7 heteroatoms. The van der Waals surface area contributed by atoms with Gasteiger partial charge in [0, 0.05) is 15.5 Å². The molecule has 0 aliphatic carbocycles. The molecule has 1 aromatic carbocycles. The molecule has 100 valence electrons. The highest BCUT2D eigenvalue weighted by atomic mass is 79.9. The molecule has 0 amide bonds. The summed E-state index contributed by atoms with van der Waals surface area (Å²) >= 11 is 21.6. The Morgan fingerprint density at radius 3 is 2.63 bits per heavy atom. The Kier molecular flexibility index (Phi) is 5.81. The van der Waals surface area contributed by atoms with Crippen LogP contribution in [0.4, 0.5) is 0 Å². The van der Waals surface area contributed by atoms with Gasteiger partial charge >= 0.3 is 0 Å². The molecule has 2 rings (SSSR count). The molecular formula is C12H6Br2Cl2OS2. The van der Waals surface area contributed by atoms with E-state index in [1.54, 1.807) is 18.2 Å². The summed E-state index contributed by atoms with van der Waals surface area (Å²) in [7, 11) is 0. The zero-order valence-corrected chi connectivity index (χ0v) is 15.6. The Balaban J connectivity index is 2.08. The number of hydrogen-bond donors (Lipinski definition) is 0. The minimum absolute atomic E-state index is 0.0508. The Hall–Kier alpha value is 0.480. The fourth-order valence-corrected chi connectivity index (χ4v) is 5.57.